The Morgan fingerprint density at radius 1 is 1.47 bits per heavy atom. The molecule has 0 saturated heterocycles. The summed E-state index contributed by atoms with van der Waals surface area (Å²) in [5, 5.41) is 4.07. The first kappa shape index (κ1) is 10.9. The second kappa shape index (κ2) is 4.95. The van der Waals surface area contributed by atoms with Crippen LogP contribution in [0.3, 0.4) is 0 Å². The van der Waals surface area contributed by atoms with Gasteiger partial charge in [-0.15, -0.1) is 0 Å². The number of hydrogen-bond acceptors (Lipinski definition) is 2. The number of nitrogens with zero attached hydrogens (tertiary/aromatic N) is 1. The van der Waals surface area contributed by atoms with Gasteiger partial charge >= 0.3 is 0 Å². The molecule has 0 amide bonds. The average Bonchev–Trinajstić information content (AvgIpc) is 2.23. The van der Waals surface area contributed by atoms with Crippen LogP contribution in [0, 0.1) is 11.8 Å². The molecule has 1 saturated carbocycles. The SMILES string of the molecule is CNCC1CCC1Cc1ccncc1Cl. The van der Waals surface area contributed by atoms with E-state index in [0.29, 0.717) is 0 Å². The lowest BCUT2D eigenvalue weighted by molar-refractivity contribution is 0.174. The van der Waals surface area contributed by atoms with E-state index in [-0.39, 0.29) is 0 Å². The van der Waals surface area contributed by atoms with Gasteiger partial charge in [0, 0.05) is 12.4 Å². The van der Waals surface area contributed by atoms with Crippen molar-refractivity contribution in [3.05, 3.63) is 29.0 Å². The molecule has 1 aliphatic rings. The zero-order valence-corrected chi connectivity index (χ0v) is 9.80. The predicted molar refractivity (Wildman–Crippen MR) is 63.1 cm³/mol. The van der Waals surface area contributed by atoms with E-state index in [4.69, 9.17) is 11.6 Å². The smallest absolute Gasteiger partial charge is 0.0621 e. The zero-order chi connectivity index (χ0) is 10.7. The van der Waals surface area contributed by atoms with E-state index >= 15 is 0 Å². The molecule has 0 aromatic carbocycles. The highest BCUT2D eigenvalue weighted by Crippen LogP contribution is 2.37. The normalized spacial score (nSPS) is 24.9. The molecule has 0 spiro atoms. The highest BCUT2D eigenvalue weighted by Gasteiger charge is 2.30. The molecule has 15 heavy (non-hydrogen) atoms. The summed E-state index contributed by atoms with van der Waals surface area (Å²) >= 11 is 6.10. The van der Waals surface area contributed by atoms with Crippen molar-refractivity contribution in [2.24, 2.45) is 11.8 Å². The van der Waals surface area contributed by atoms with Crippen molar-refractivity contribution in [2.75, 3.05) is 13.6 Å². The van der Waals surface area contributed by atoms with Crippen molar-refractivity contribution < 1.29 is 0 Å². The molecule has 82 valence electrons. The summed E-state index contributed by atoms with van der Waals surface area (Å²) < 4.78 is 0. The fourth-order valence-corrected chi connectivity index (χ4v) is 2.49. The number of halogens is 1. The van der Waals surface area contributed by atoms with Gasteiger partial charge in [-0.25, -0.2) is 0 Å². The summed E-state index contributed by atoms with van der Waals surface area (Å²) in [4.78, 5) is 4.01. The van der Waals surface area contributed by atoms with Gasteiger partial charge in [0.15, 0.2) is 0 Å². The fourth-order valence-electron chi connectivity index (χ4n) is 2.29. The van der Waals surface area contributed by atoms with Crippen molar-refractivity contribution in [3.63, 3.8) is 0 Å². The van der Waals surface area contributed by atoms with Gasteiger partial charge in [0.25, 0.3) is 0 Å². The molecule has 1 N–H and O–H groups in total. The molecule has 2 atom stereocenters. The molecular weight excluding hydrogens is 208 g/mol. The molecule has 2 unspecified atom stereocenters. The molecule has 2 rings (SSSR count). The standard InChI is InChI=1S/C12H17ClN2/c1-14-7-11-3-2-9(11)6-10-4-5-15-8-12(10)13/h4-5,8-9,11,14H,2-3,6-7H2,1H3. The number of hydrogen-bond donors (Lipinski definition) is 1. The first-order valence-corrected chi connectivity index (χ1v) is 5.92. The second-order valence-electron chi connectivity index (χ2n) is 4.33. The summed E-state index contributed by atoms with van der Waals surface area (Å²) in [5.41, 5.74) is 1.25. The van der Waals surface area contributed by atoms with Gasteiger partial charge in [-0.1, -0.05) is 11.6 Å². The van der Waals surface area contributed by atoms with Crippen LogP contribution in [0.5, 0.6) is 0 Å². The topological polar surface area (TPSA) is 24.9 Å². The lowest BCUT2D eigenvalue weighted by atomic mass is 9.71. The van der Waals surface area contributed by atoms with Crippen LogP contribution in [0.2, 0.25) is 5.02 Å². The van der Waals surface area contributed by atoms with E-state index in [1.165, 1.54) is 18.4 Å². The summed E-state index contributed by atoms with van der Waals surface area (Å²) in [6.07, 6.45) is 7.36. The maximum atomic E-state index is 6.10. The Bertz CT molecular complexity index is 327. The van der Waals surface area contributed by atoms with Crippen LogP contribution in [0.4, 0.5) is 0 Å². The molecule has 2 nitrogen and oxygen atoms in total. The number of pyridine rings is 1. The van der Waals surface area contributed by atoms with Gasteiger partial charge in [0.1, 0.15) is 0 Å². The van der Waals surface area contributed by atoms with Gasteiger partial charge in [-0.3, -0.25) is 4.98 Å². The Kier molecular flexibility index (Phi) is 3.60. The Morgan fingerprint density at radius 2 is 2.27 bits per heavy atom. The molecule has 1 fully saturated rings. The van der Waals surface area contributed by atoms with E-state index in [1.807, 2.05) is 19.3 Å². The van der Waals surface area contributed by atoms with Crippen molar-refractivity contribution in [2.45, 2.75) is 19.3 Å². The lowest BCUT2D eigenvalue weighted by Crippen LogP contribution is -2.35. The summed E-state index contributed by atoms with van der Waals surface area (Å²) in [7, 11) is 2.02. The minimum Gasteiger partial charge on any atom is -0.319 e. The van der Waals surface area contributed by atoms with Crippen LogP contribution in [0.15, 0.2) is 18.5 Å². The largest absolute Gasteiger partial charge is 0.319 e. The Balaban J connectivity index is 1.95. The molecule has 0 aliphatic heterocycles. The fraction of sp³-hybridized carbons (Fsp3) is 0.583. The molecule has 1 aromatic heterocycles. The van der Waals surface area contributed by atoms with Crippen LogP contribution in [-0.4, -0.2) is 18.6 Å². The summed E-state index contributed by atoms with van der Waals surface area (Å²) in [6, 6.07) is 2.04. The number of aromatic nitrogens is 1. The van der Waals surface area contributed by atoms with Crippen molar-refractivity contribution in [1.82, 2.24) is 10.3 Å². The van der Waals surface area contributed by atoms with E-state index in [9.17, 15) is 0 Å². The third-order valence-electron chi connectivity index (χ3n) is 3.38. The Morgan fingerprint density at radius 3 is 2.87 bits per heavy atom. The molecule has 1 aliphatic carbocycles. The maximum absolute atomic E-state index is 6.10. The summed E-state index contributed by atoms with van der Waals surface area (Å²) in [5.74, 6) is 1.64. The van der Waals surface area contributed by atoms with Gasteiger partial charge < -0.3 is 5.32 Å². The molecule has 1 heterocycles. The molecular formula is C12H17ClN2. The van der Waals surface area contributed by atoms with E-state index in [2.05, 4.69) is 10.3 Å². The average molecular weight is 225 g/mol. The third kappa shape index (κ3) is 2.50. The summed E-state index contributed by atoms with van der Waals surface area (Å²) in [6.45, 7) is 1.13. The van der Waals surface area contributed by atoms with Crippen LogP contribution in [0.25, 0.3) is 0 Å². The van der Waals surface area contributed by atoms with Gasteiger partial charge in [0.05, 0.1) is 5.02 Å². The van der Waals surface area contributed by atoms with Crippen molar-refractivity contribution in [1.29, 1.82) is 0 Å². The van der Waals surface area contributed by atoms with E-state index in [1.54, 1.807) is 6.20 Å². The van der Waals surface area contributed by atoms with Gasteiger partial charge in [-0.2, -0.15) is 0 Å². The third-order valence-corrected chi connectivity index (χ3v) is 3.72. The van der Waals surface area contributed by atoms with E-state index in [0.717, 1.165) is 29.8 Å². The minimum atomic E-state index is 0.803. The van der Waals surface area contributed by atoms with Crippen LogP contribution in [0.1, 0.15) is 18.4 Å². The van der Waals surface area contributed by atoms with Gasteiger partial charge in [0.2, 0.25) is 0 Å². The highest BCUT2D eigenvalue weighted by atomic mass is 35.5. The predicted octanol–water partition coefficient (Wildman–Crippen LogP) is 2.52. The highest BCUT2D eigenvalue weighted by molar-refractivity contribution is 6.31. The Hall–Kier alpha value is -0.600. The number of rotatable bonds is 4. The van der Waals surface area contributed by atoms with Crippen molar-refractivity contribution in [3.8, 4) is 0 Å². The number of nitrogens with one attached hydrogen (secondary N) is 1. The lowest BCUT2D eigenvalue weighted by Gasteiger charge is -2.37. The van der Waals surface area contributed by atoms with Crippen LogP contribution >= 0.6 is 11.6 Å². The molecule has 3 heteroatoms. The molecule has 0 bridgehead atoms. The van der Waals surface area contributed by atoms with Crippen LogP contribution < -0.4 is 5.32 Å². The van der Waals surface area contributed by atoms with E-state index < -0.39 is 0 Å². The quantitative estimate of drug-likeness (QED) is 0.850. The molecule has 1 aromatic rings. The molecule has 0 radical (unpaired) electrons. The van der Waals surface area contributed by atoms with Crippen molar-refractivity contribution >= 4 is 11.6 Å². The maximum Gasteiger partial charge on any atom is 0.0621 e. The second-order valence-corrected chi connectivity index (χ2v) is 4.73. The first-order valence-electron chi connectivity index (χ1n) is 5.54. The Labute approximate surface area is 96.1 Å². The minimum absolute atomic E-state index is 0.803. The van der Waals surface area contributed by atoms with Crippen LogP contribution in [-0.2, 0) is 6.42 Å². The zero-order valence-electron chi connectivity index (χ0n) is 9.04. The van der Waals surface area contributed by atoms with Gasteiger partial charge in [-0.05, 0) is 56.3 Å². The first-order chi connectivity index (χ1) is 7.31. The monoisotopic (exact) mass is 224 g/mol.